The van der Waals surface area contributed by atoms with E-state index in [1.807, 2.05) is 13.0 Å². The van der Waals surface area contributed by atoms with Gasteiger partial charge in [0.1, 0.15) is 13.4 Å². The molecule has 0 saturated heterocycles. The second-order valence-corrected chi connectivity index (χ2v) is 3.07. The van der Waals surface area contributed by atoms with Crippen molar-refractivity contribution in [2.45, 2.75) is 13.5 Å². The highest BCUT2D eigenvalue weighted by atomic mass is 16.3. The molecular formula is C10H9BO2. The lowest BCUT2D eigenvalue weighted by Crippen LogP contribution is -2.06. The van der Waals surface area contributed by atoms with Gasteiger partial charge < -0.3 is 9.52 Å². The topological polar surface area (TPSA) is 33.4 Å². The first-order chi connectivity index (χ1) is 6.24. The van der Waals surface area contributed by atoms with E-state index in [2.05, 4.69) is 0 Å². The molecule has 0 aliphatic heterocycles. The first-order valence-electron chi connectivity index (χ1n) is 4.10. The highest BCUT2D eigenvalue weighted by Gasteiger charge is 2.07. The van der Waals surface area contributed by atoms with E-state index in [0.717, 1.165) is 16.5 Å². The van der Waals surface area contributed by atoms with Crippen LogP contribution in [0.25, 0.3) is 11.0 Å². The summed E-state index contributed by atoms with van der Waals surface area (Å²) in [5.74, 6) is 0. The fourth-order valence-corrected chi connectivity index (χ4v) is 1.53. The van der Waals surface area contributed by atoms with Crippen LogP contribution in [0.1, 0.15) is 11.1 Å². The molecule has 0 amide bonds. The summed E-state index contributed by atoms with van der Waals surface area (Å²) in [6.45, 7) is 1.96. The van der Waals surface area contributed by atoms with Crippen molar-refractivity contribution in [3.8, 4) is 0 Å². The normalized spacial score (nSPS) is 10.9. The van der Waals surface area contributed by atoms with E-state index in [0.29, 0.717) is 11.0 Å². The van der Waals surface area contributed by atoms with E-state index in [1.54, 1.807) is 12.3 Å². The Balaban J connectivity index is 2.85. The minimum absolute atomic E-state index is 0.0111. The van der Waals surface area contributed by atoms with Crippen LogP contribution in [-0.4, -0.2) is 13.0 Å². The second-order valence-electron chi connectivity index (χ2n) is 3.07. The van der Waals surface area contributed by atoms with E-state index in [4.69, 9.17) is 17.4 Å². The van der Waals surface area contributed by atoms with Crippen LogP contribution in [0.4, 0.5) is 0 Å². The smallest absolute Gasteiger partial charge is 0.127 e. The van der Waals surface area contributed by atoms with E-state index >= 15 is 0 Å². The first kappa shape index (κ1) is 8.39. The van der Waals surface area contributed by atoms with Crippen molar-refractivity contribution in [1.82, 2.24) is 0 Å². The van der Waals surface area contributed by atoms with Crippen LogP contribution in [0.15, 0.2) is 22.8 Å². The highest BCUT2D eigenvalue weighted by molar-refractivity contribution is 6.38. The summed E-state index contributed by atoms with van der Waals surface area (Å²) in [4.78, 5) is 0. The maximum absolute atomic E-state index is 9.05. The van der Waals surface area contributed by atoms with E-state index in [9.17, 15) is 0 Å². The third-order valence-electron chi connectivity index (χ3n) is 2.31. The number of aryl methyl sites for hydroxylation is 1. The van der Waals surface area contributed by atoms with Crippen molar-refractivity contribution in [3.05, 3.63) is 29.5 Å². The van der Waals surface area contributed by atoms with Crippen LogP contribution < -0.4 is 5.46 Å². The van der Waals surface area contributed by atoms with Gasteiger partial charge in [-0.2, -0.15) is 0 Å². The van der Waals surface area contributed by atoms with Gasteiger partial charge in [-0.3, -0.25) is 0 Å². The molecule has 0 atom stereocenters. The Morgan fingerprint density at radius 2 is 2.31 bits per heavy atom. The van der Waals surface area contributed by atoms with E-state index in [-0.39, 0.29) is 6.61 Å². The molecule has 13 heavy (non-hydrogen) atoms. The van der Waals surface area contributed by atoms with Crippen LogP contribution in [0.2, 0.25) is 0 Å². The van der Waals surface area contributed by atoms with Gasteiger partial charge in [0.05, 0.1) is 12.9 Å². The predicted molar refractivity (Wildman–Crippen MR) is 52.3 cm³/mol. The molecule has 0 fully saturated rings. The van der Waals surface area contributed by atoms with Crippen LogP contribution in [0.3, 0.4) is 0 Å². The van der Waals surface area contributed by atoms with Crippen molar-refractivity contribution < 1.29 is 9.52 Å². The van der Waals surface area contributed by atoms with Gasteiger partial charge in [0.2, 0.25) is 0 Å². The molecule has 1 aromatic carbocycles. The molecular weight excluding hydrogens is 163 g/mol. The molecule has 0 unspecified atom stereocenters. The molecule has 3 heteroatoms. The predicted octanol–water partition coefficient (Wildman–Crippen LogP) is 1.03. The van der Waals surface area contributed by atoms with Gasteiger partial charge in [-0.15, -0.1) is 0 Å². The quantitative estimate of drug-likeness (QED) is 0.651. The second kappa shape index (κ2) is 2.93. The largest absolute Gasteiger partial charge is 0.465 e. The van der Waals surface area contributed by atoms with Gasteiger partial charge in [-0.1, -0.05) is 11.5 Å². The zero-order valence-corrected chi connectivity index (χ0v) is 7.37. The molecule has 64 valence electrons. The zero-order chi connectivity index (χ0) is 9.42. The number of hydrogen-bond donors (Lipinski definition) is 1. The Kier molecular flexibility index (Phi) is 1.89. The lowest BCUT2D eigenvalue weighted by Gasteiger charge is -2.05. The number of hydrogen-bond acceptors (Lipinski definition) is 2. The maximum atomic E-state index is 9.05. The molecule has 2 nitrogen and oxygen atoms in total. The molecule has 0 aliphatic rings. The molecule has 0 bridgehead atoms. The lowest BCUT2D eigenvalue weighted by molar-refractivity contribution is 0.281. The third kappa shape index (κ3) is 1.16. The van der Waals surface area contributed by atoms with Gasteiger partial charge >= 0.3 is 0 Å². The molecule has 1 aromatic heterocycles. The van der Waals surface area contributed by atoms with Crippen molar-refractivity contribution in [3.63, 3.8) is 0 Å². The first-order valence-corrected chi connectivity index (χ1v) is 4.10. The van der Waals surface area contributed by atoms with Crippen molar-refractivity contribution in [2.75, 3.05) is 0 Å². The van der Waals surface area contributed by atoms with Crippen molar-refractivity contribution >= 4 is 24.3 Å². The molecule has 0 aliphatic carbocycles. The third-order valence-corrected chi connectivity index (χ3v) is 2.31. The average molecular weight is 172 g/mol. The monoisotopic (exact) mass is 172 g/mol. The van der Waals surface area contributed by atoms with Crippen LogP contribution >= 0.6 is 0 Å². The Labute approximate surface area is 77.6 Å². The summed E-state index contributed by atoms with van der Waals surface area (Å²) in [6.07, 6.45) is 1.61. The number of fused-ring (bicyclic) bond motifs is 1. The van der Waals surface area contributed by atoms with E-state index < -0.39 is 0 Å². The van der Waals surface area contributed by atoms with Gasteiger partial charge in [0.15, 0.2) is 0 Å². The number of aliphatic hydroxyl groups is 1. The minimum Gasteiger partial charge on any atom is -0.465 e. The molecule has 2 rings (SSSR count). The summed E-state index contributed by atoms with van der Waals surface area (Å²) < 4.78 is 5.22. The number of furan rings is 1. The molecule has 2 radical (unpaired) electrons. The number of benzene rings is 1. The van der Waals surface area contributed by atoms with Gasteiger partial charge in [0.25, 0.3) is 0 Å². The summed E-state index contributed by atoms with van der Waals surface area (Å²) in [6, 6.07) is 3.61. The average Bonchev–Trinajstić information content (AvgIpc) is 2.60. The highest BCUT2D eigenvalue weighted by Crippen LogP contribution is 2.20. The minimum atomic E-state index is 0.0111. The summed E-state index contributed by atoms with van der Waals surface area (Å²) in [7, 11) is 5.74. The lowest BCUT2D eigenvalue weighted by atomic mass is 9.90. The van der Waals surface area contributed by atoms with Gasteiger partial charge in [-0.25, -0.2) is 0 Å². The maximum Gasteiger partial charge on any atom is 0.127 e. The van der Waals surface area contributed by atoms with Crippen molar-refractivity contribution in [2.24, 2.45) is 0 Å². The van der Waals surface area contributed by atoms with Crippen LogP contribution in [0, 0.1) is 6.92 Å². The fourth-order valence-electron chi connectivity index (χ4n) is 1.53. The SMILES string of the molecule is [B]c1cc(CO)c(C)c2ccoc12. The molecule has 0 spiro atoms. The van der Waals surface area contributed by atoms with Crippen LogP contribution in [-0.2, 0) is 6.61 Å². The van der Waals surface area contributed by atoms with Crippen molar-refractivity contribution in [1.29, 1.82) is 0 Å². The van der Waals surface area contributed by atoms with E-state index in [1.165, 1.54) is 0 Å². The van der Waals surface area contributed by atoms with Gasteiger partial charge in [-0.05, 0) is 24.1 Å². The Bertz CT molecular complexity index is 445. The van der Waals surface area contributed by atoms with Gasteiger partial charge in [0, 0.05) is 5.39 Å². The molecule has 0 saturated carbocycles. The van der Waals surface area contributed by atoms with Crippen LogP contribution in [0.5, 0.6) is 0 Å². The standard InChI is InChI=1S/C10H9BO2/c1-6-7(5-12)4-9(11)10-8(6)2-3-13-10/h2-4,12H,5H2,1H3. The number of aliphatic hydroxyl groups excluding tert-OH is 1. The summed E-state index contributed by atoms with van der Waals surface area (Å²) in [5.41, 5.74) is 3.16. The Morgan fingerprint density at radius 3 is 3.00 bits per heavy atom. The molecule has 2 aromatic rings. The summed E-state index contributed by atoms with van der Waals surface area (Å²) in [5, 5.41) is 10.0. The molecule has 1 N–H and O–H groups in total. The molecule has 1 heterocycles. The Hall–Kier alpha value is -1.22. The Morgan fingerprint density at radius 1 is 1.54 bits per heavy atom. The zero-order valence-electron chi connectivity index (χ0n) is 7.37. The number of rotatable bonds is 1. The fraction of sp³-hybridized carbons (Fsp3) is 0.200. The summed E-state index contributed by atoms with van der Waals surface area (Å²) >= 11 is 0.